The quantitative estimate of drug-likeness (QED) is 0.299. The molecule has 37 heavy (non-hydrogen) atoms. The molecule has 7 atom stereocenters. The van der Waals surface area contributed by atoms with Gasteiger partial charge in [0.2, 0.25) is 5.60 Å². The molecule has 2 N–H and O–H groups in total. The minimum Gasteiger partial charge on any atom is -0.458 e. The van der Waals surface area contributed by atoms with Crippen LogP contribution in [0.4, 0.5) is 0 Å². The zero-order valence-corrected chi connectivity index (χ0v) is 21.8. The highest BCUT2D eigenvalue weighted by molar-refractivity contribution is 6.01. The monoisotopic (exact) mass is 514 g/mol. The maximum absolute atomic E-state index is 13.9. The third-order valence-electron chi connectivity index (χ3n) is 9.07. The number of carbonyl (C=O) groups excluding carboxylic acids is 4. The molecule has 2 bridgehead atoms. The highest BCUT2D eigenvalue weighted by Crippen LogP contribution is 2.74. The minimum absolute atomic E-state index is 0.0611. The Hall–Kier alpha value is -3.24. The summed E-state index contributed by atoms with van der Waals surface area (Å²) in [5, 5.41) is 24.2. The molecule has 3 heterocycles. The molecule has 0 unspecified atom stereocenters. The van der Waals surface area contributed by atoms with Crippen molar-refractivity contribution in [1.82, 2.24) is 0 Å². The van der Waals surface area contributed by atoms with Crippen molar-refractivity contribution in [3.8, 4) is 0 Å². The van der Waals surface area contributed by atoms with Gasteiger partial charge in [-0.25, -0.2) is 9.59 Å². The van der Waals surface area contributed by atoms with Gasteiger partial charge in [0.25, 0.3) is 0 Å². The van der Waals surface area contributed by atoms with E-state index < -0.39 is 69.8 Å². The Morgan fingerprint density at radius 2 is 1.70 bits per heavy atom. The molecule has 10 heteroatoms. The molecular formula is C27H30O10. The molecule has 2 saturated heterocycles. The molecule has 0 aromatic heterocycles. The van der Waals surface area contributed by atoms with Crippen LogP contribution >= 0.6 is 0 Å². The van der Waals surface area contributed by atoms with E-state index in [0.717, 1.165) is 6.08 Å². The lowest BCUT2D eigenvalue weighted by Gasteiger charge is -2.66. The van der Waals surface area contributed by atoms with Gasteiger partial charge >= 0.3 is 23.9 Å². The van der Waals surface area contributed by atoms with E-state index in [1.54, 1.807) is 20.8 Å². The fourth-order valence-corrected chi connectivity index (χ4v) is 7.60. The van der Waals surface area contributed by atoms with Crippen molar-refractivity contribution in [3.63, 3.8) is 0 Å². The van der Waals surface area contributed by atoms with Crippen molar-refractivity contribution >= 4 is 23.9 Å². The number of ether oxygens (including phenoxy) is 4. The van der Waals surface area contributed by atoms with Crippen LogP contribution in [0.15, 0.2) is 46.6 Å². The summed E-state index contributed by atoms with van der Waals surface area (Å²) in [6.07, 6.45) is -1.70. The first-order chi connectivity index (χ1) is 16.9. The van der Waals surface area contributed by atoms with E-state index in [2.05, 4.69) is 6.58 Å². The van der Waals surface area contributed by atoms with E-state index in [9.17, 15) is 29.4 Å². The number of hydrogen-bond donors (Lipinski definition) is 2. The molecule has 0 aromatic carbocycles. The third kappa shape index (κ3) is 2.48. The molecule has 3 aliphatic heterocycles. The van der Waals surface area contributed by atoms with Gasteiger partial charge in [0.15, 0.2) is 11.7 Å². The summed E-state index contributed by atoms with van der Waals surface area (Å²) < 4.78 is 22.7. The lowest BCUT2D eigenvalue weighted by Crippen LogP contribution is -2.80. The van der Waals surface area contributed by atoms with E-state index in [0.29, 0.717) is 11.1 Å². The first kappa shape index (κ1) is 25.4. The summed E-state index contributed by atoms with van der Waals surface area (Å²) >= 11 is 0. The summed E-state index contributed by atoms with van der Waals surface area (Å²) in [4.78, 5) is 52.2. The average Bonchev–Trinajstić information content (AvgIpc) is 2.89. The van der Waals surface area contributed by atoms with Gasteiger partial charge in [-0.05, 0) is 63.0 Å². The van der Waals surface area contributed by atoms with E-state index in [4.69, 9.17) is 18.9 Å². The van der Waals surface area contributed by atoms with Crippen LogP contribution in [-0.4, -0.2) is 69.2 Å². The molecular weight excluding hydrogens is 484 g/mol. The normalized spacial score (nSPS) is 43.8. The highest BCUT2D eigenvalue weighted by Gasteiger charge is 2.88. The Bertz CT molecular complexity index is 1320. The Morgan fingerprint density at radius 3 is 2.30 bits per heavy atom. The van der Waals surface area contributed by atoms with Gasteiger partial charge in [-0.15, -0.1) is 0 Å². The van der Waals surface area contributed by atoms with Crippen molar-refractivity contribution in [3.05, 3.63) is 46.6 Å². The molecule has 5 aliphatic rings. The van der Waals surface area contributed by atoms with Crippen molar-refractivity contribution in [2.75, 3.05) is 0 Å². The van der Waals surface area contributed by atoms with Gasteiger partial charge < -0.3 is 29.2 Å². The van der Waals surface area contributed by atoms with Crippen molar-refractivity contribution in [2.45, 2.75) is 83.6 Å². The van der Waals surface area contributed by atoms with Crippen molar-refractivity contribution < 1.29 is 48.3 Å². The van der Waals surface area contributed by atoms with Crippen LogP contribution in [0, 0.1) is 10.8 Å². The first-order valence-corrected chi connectivity index (χ1v) is 12.0. The van der Waals surface area contributed by atoms with Crippen molar-refractivity contribution in [1.29, 1.82) is 0 Å². The number of hydrogen-bond acceptors (Lipinski definition) is 10. The lowest BCUT2D eigenvalue weighted by atomic mass is 9.39. The average molecular weight is 515 g/mol. The molecule has 1 spiro atoms. The maximum Gasteiger partial charge on any atom is 0.344 e. The number of aliphatic hydroxyl groups is 2. The largest absolute Gasteiger partial charge is 0.458 e. The Labute approximate surface area is 213 Å². The van der Waals surface area contributed by atoms with E-state index in [1.807, 2.05) is 0 Å². The zero-order chi connectivity index (χ0) is 27.7. The van der Waals surface area contributed by atoms with Crippen LogP contribution in [0.25, 0.3) is 0 Å². The fourth-order valence-electron chi connectivity index (χ4n) is 7.60. The van der Waals surface area contributed by atoms with E-state index >= 15 is 0 Å². The predicted molar refractivity (Wildman–Crippen MR) is 125 cm³/mol. The summed E-state index contributed by atoms with van der Waals surface area (Å²) in [6.45, 7) is 14.6. The predicted octanol–water partition coefficient (Wildman–Crippen LogP) is 1.35. The number of esters is 4. The van der Waals surface area contributed by atoms with Gasteiger partial charge in [-0.2, -0.15) is 0 Å². The van der Waals surface area contributed by atoms with Gasteiger partial charge in [-0.1, -0.05) is 13.5 Å². The van der Waals surface area contributed by atoms with Gasteiger partial charge in [0.1, 0.15) is 17.1 Å². The second-order valence-electron chi connectivity index (χ2n) is 11.3. The van der Waals surface area contributed by atoms with Gasteiger partial charge in [0, 0.05) is 24.0 Å². The molecule has 2 aliphatic carbocycles. The SMILES string of the molecule is C=C1[C@]23C(=O)O[C@@H](C)[C@]2(O)C(=O)O[C@@]1(C)[C@H](OC(C)=O)C1=C(C)C2=C(C=CC(=O)OC2(C)C)[C@@H](O)[C@]13C. The second-order valence-corrected chi connectivity index (χ2v) is 11.3. The summed E-state index contributed by atoms with van der Waals surface area (Å²) in [5.74, 6) is -3.47. The molecule has 5 rings (SSSR count). The standard InChI is InChI=1S/C27H30O10/c1-11-17-15(9-10-16(29)36-23(17,5)6)19(30)24(7)18(11)20(35-14(4)28)25(8)12(2)26(24)21(31)34-13(3)27(26,33)22(32)37-25/h9-10,13,19-20,30,33H,2H2,1,3-8H3/t13-,19+,20+,24-,25+,26+,27-/m0/s1. The first-order valence-electron chi connectivity index (χ1n) is 12.0. The van der Waals surface area contributed by atoms with E-state index in [1.165, 1.54) is 33.8 Å². The van der Waals surface area contributed by atoms with Crippen LogP contribution in [-0.2, 0) is 38.1 Å². The lowest BCUT2D eigenvalue weighted by molar-refractivity contribution is -0.248. The van der Waals surface area contributed by atoms with Gasteiger partial charge in [0.05, 0.1) is 6.10 Å². The Morgan fingerprint density at radius 1 is 1.08 bits per heavy atom. The minimum atomic E-state index is -2.56. The van der Waals surface area contributed by atoms with Crippen LogP contribution < -0.4 is 0 Å². The number of carbonyl (C=O) groups is 4. The molecule has 0 aromatic rings. The van der Waals surface area contributed by atoms with Crippen LogP contribution in [0.2, 0.25) is 0 Å². The number of cyclic esters (lactones) is 2. The molecule has 0 radical (unpaired) electrons. The molecule has 3 fully saturated rings. The molecule has 10 nitrogen and oxygen atoms in total. The zero-order valence-electron chi connectivity index (χ0n) is 21.8. The number of rotatable bonds is 1. The van der Waals surface area contributed by atoms with Crippen LogP contribution in [0.1, 0.15) is 48.5 Å². The Balaban J connectivity index is 1.98. The highest BCUT2D eigenvalue weighted by atomic mass is 16.6. The Kier molecular flexibility index (Phi) is 4.80. The topological polar surface area (TPSA) is 146 Å². The molecule has 1 saturated carbocycles. The van der Waals surface area contributed by atoms with Crippen molar-refractivity contribution in [2.24, 2.45) is 10.8 Å². The number of fused-ring (bicyclic) bond motifs is 2. The van der Waals surface area contributed by atoms with Gasteiger partial charge in [-0.3, -0.25) is 9.59 Å². The maximum atomic E-state index is 13.9. The fraction of sp³-hybridized carbons (Fsp3) is 0.556. The third-order valence-corrected chi connectivity index (χ3v) is 9.07. The summed E-state index contributed by atoms with van der Waals surface area (Å²) in [5.41, 5.74) is -8.33. The molecule has 198 valence electrons. The summed E-state index contributed by atoms with van der Waals surface area (Å²) in [7, 11) is 0. The van der Waals surface area contributed by atoms with Crippen LogP contribution in [0.5, 0.6) is 0 Å². The number of aliphatic hydroxyl groups excluding tert-OH is 1. The summed E-state index contributed by atoms with van der Waals surface area (Å²) in [6, 6.07) is 0. The van der Waals surface area contributed by atoms with Crippen LogP contribution in [0.3, 0.4) is 0 Å². The smallest absolute Gasteiger partial charge is 0.344 e. The molecule has 0 amide bonds. The second kappa shape index (κ2) is 6.99. The van der Waals surface area contributed by atoms with E-state index in [-0.39, 0.29) is 16.7 Å².